The van der Waals surface area contributed by atoms with Crippen molar-refractivity contribution in [1.82, 2.24) is 15.0 Å². The summed E-state index contributed by atoms with van der Waals surface area (Å²) in [5, 5.41) is 2.16. The highest BCUT2D eigenvalue weighted by molar-refractivity contribution is 7.07. The third kappa shape index (κ3) is 2.57. The molecule has 4 heteroatoms. The van der Waals surface area contributed by atoms with Gasteiger partial charge in [0.25, 0.3) is 0 Å². The van der Waals surface area contributed by atoms with Crippen molar-refractivity contribution in [2.24, 2.45) is 0 Å². The standard InChI is InChI=1S/C20H15N3S/c1-2-14-10-16-4-6-18(23-16)12-20-8-7-19(24-20)11-17-5-3-15(22-17)9-13(1)21-14/h1-12,21-23H. The minimum absolute atomic E-state index is 1.08. The zero-order chi connectivity index (χ0) is 15.9. The number of aromatic amines is 3. The maximum absolute atomic E-state index is 3.44. The van der Waals surface area contributed by atoms with Crippen molar-refractivity contribution >= 4 is 35.6 Å². The molecule has 0 aromatic carbocycles. The van der Waals surface area contributed by atoms with Crippen LogP contribution < -0.4 is 19.8 Å². The van der Waals surface area contributed by atoms with Gasteiger partial charge >= 0.3 is 0 Å². The van der Waals surface area contributed by atoms with Crippen LogP contribution in [0.2, 0.25) is 0 Å². The van der Waals surface area contributed by atoms with Gasteiger partial charge in [-0.25, -0.2) is 0 Å². The Kier molecular flexibility index (Phi) is 2.96. The third-order valence-corrected chi connectivity index (χ3v) is 5.04. The maximum Gasteiger partial charge on any atom is 0.0405 e. The molecule has 116 valence electrons. The van der Waals surface area contributed by atoms with Crippen LogP contribution in [0.4, 0.5) is 0 Å². The van der Waals surface area contributed by atoms with Crippen LogP contribution in [0.5, 0.6) is 0 Å². The van der Waals surface area contributed by atoms with E-state index in [0.717, 1.165) is 33.5 Å². The number of H-pyrrole nitrogens is 3. The van der Waals surface area contributed by atoms with E-state index in [1.807, 2.05) is 0 Å². The van der Waals surface area contributed by atoms with Gasteiger partial charge in [-0.05, 0) is 72.8 Å². The Bertz CT molecular complexity index is 1070. The predicted molar refractivity (Wildman–Crippen MR) is 99.5 cm³/mol. The first-order valence-electron chi connectivity index (χ1n) is 7.86. The van der Waals surface area contributed by atoms with Crippen LogP contribution in [0.25, 0.3) is 24.3 Å². The molecule has 0 atom stereocenters. The summed E-state index contributed by atoms with van der Waals surface area (Å²) >= 11 is 1.78. The molecule has 1 aliphatic heterocycles. The van der Waals surface area contributed by atoms with Crippen LogP contribution in [-0.4, -0.2) is 15.0 Å². The molecule has 4 aromatic rings. The molecule has 0 aliphatic carbocycles. The van der Waals surface area contributed by atoms with E-state index in [1.165, 1.54) is 9.06 Å². The molecule has 3 N–H and O–H groups in total. The third-order valence-electron chi connectivity index (χ3n) is 4.06. The highest BCUT2D eigenvalue weighted by Crippen LogP contribution is 2.05. The van der Waals surface area contributed by atoms with Crippen LogP contribution in [-0.2, 0) is 0 Å². The van der Waals surface area contributed by atoms with Crippen LogP contribution in [0.15, 0.2) is 48.5 Å². The first kappa shape index (κ1) is 13.5. The van der Waals surface area contributed by atoms with E-state index in [0.29, 0.717) is 0 Å². The fourth-order valence-corrected chi connectivity index (χ4v) is 3.88. The topological polar surface area (TPSA) is 47.4 Å². The largest absolute Gasteiger partial charge is 0.355 e. The Morgan fingerprint density at radius 3 is 1.42 bits per heavy atom. The van der Waals surface area contributed by atoms with Crippen molar-refractivity contribution in [3.8, 4) is 0 Å². The molecule has 4 aromatic heterocycles. The molecule has 0 unspecified atom stereocenters. The fraction of sp³-hybridized carbons (Fsp3) is 0. The molecule has 24 heavy (non-hydrogen) atoms. The molecular weight excluding hydrogens is 314 g/mol. The van der Waals surface area contributed by atoms with Crippen molar-refractivity contribution in [2.45, 2.75) is 0 Å². The normalized spacial score (nSPS) is 12.7. The summed E-state index contributed by atoms with van der Waals surface area (Å²) in [7, 11) is 0. The van der Waals surface area contributed by atoms with Crippen molar-refractivity contribution in [3.63, 3.8) is 0 Å². The summed E-state index contributed by atoms with van der Waals surface area (Å²) in [5.41, 5.74) is 4.41. The first-order valence-corrected chi connectivity index (χ1v) is 8.68. The predicted octanol–water partition coefficient (Wildman–Crippen LogP) is 1.36. The summed E-state index contributed by atoms with van der Waals surface area (Å²) in [6, 6.07) is 16.9. The zero-order valence-corrected chi connectivity index (χ0v) is 13.7. The molecule has 0 saturated carbocycles. The van der Waals surface area contributed by atoms with Gasteiger partial charge in [-0.15, -0.1) is 11.3 Å². The minimum atomic E-state index is 1.08. The number of thiophene rings is 1. The summed E-state index contributed by atoms with van der Waals surface area (Å²) < 4.78 is 2.48. The van der Waals surface area contributed by atoms with Crippen LogP contribution in [0, 0.1) is 0 Å². The highest BCUT2D eigenvalue weighted by Gasteiger charge is 1.97. The van der Waals surface area contributed by atoms with Gasteiger partial charge in [0.2, 0.25) is 0 Å². The van der Waals surface area contributed by atoms with E-state index >= 15 is 0 Å². The lowest BCUT2D eigenvalue weighted by Gasteiger charge is -1.88. The smallest absolute Gasteiger partial charge is 0.0405 e. The lowest BCUT2D eigenvalue weighted by Crippen LogP contribution is -2.09. The van der Waals surface area contributed by atoms with E-state index < -0.39 is 0 Å². The van der Waals surface area contributed by atoms with Crippen molar-refractivity contribution in [1.29, 1.82) is 0 Å². The lowest BCUT2D eigenvalue weighted by atomic mass is 10.3. The lowest BCUT2D eigenvalue weighted by molar-refractivity contribution is 1.25. The number of rotatable bonds is 0. The van der Waals surface area contributed by atoms with E-state index in [4.69, 9.17) is 0 Å². The van der Waals surface area contributed by atoms with Gasteiger partial charge in [0.05, 0.1) is 0 Å². The van der Waals surface area contributed by atoms with Crippen LogP contribution in [0.3, 0.4) is 0 Å². The Balaban J connectivity index is 1.79. The fourth-order valence-electron chi connectivity index (χ4n) is 2.96. The molecule has 0 spiro atoms. The van der Waals surface area contributed by atoms with Gasteiger partial charge in [-0.3, -0.25) is 0 Å². The average Bonchev–Trinajstić information content (AvgIpc) is 3.32. The van der Waals surface area contributed by atoms with Crippen molar-refractivity contribution in [2.75, 3.05) is 0 Å². The van der Waals surface area contributed by atoms with E-state index in [-0.39, 0.29) is 0 Å². The van der Waals surface area contributed by atoms with Gasteiger partial charge in [0, 0.05) is 42.5 Å². The molecule has 0 saturated heterocycles. The van der Waals surface area contributed by atoms with Gasteiger partial charge < -0.3 is 15.0 Å². The molecular formula is C20H15N3S. The average molecular weight is 329 g/mol. The Morgan fingerprint density at radius 1 is 0.458 bits per heavy atom. The van der Waals surface area contributed by atoms with Gasteiger partial charge in [0.15, 0.2) is 0 Å². The second-order valence-corrected chi connectivity index (χ2v) is 7.07. The Labute approximate surface area is 142 Å². The molecule has 0 radical (unpaired) electrons. The number of hydrogen-bond donors (Lipinski definition) is 3. The van der Waals surface area contributed by atoms with Crippen LogP contribution >= 0.6 is 11.3 Å². The molecule has 8 bridgehead atoms. The van der Waals surface area contributed by atoms with Crippen molar-refractivity contribution < 1.29 is 0 Å². The highest BCUT2D eigenvalue weighted by atomic mass is 32.1. The van der Waals surface area contributed by atoms with Crippen molar-refractivity contribution in [3.05, 3.63) is 91.1 Å². The summed E-state index contributed by atoms with van der Waals surface area (Å²) in [6.45, 7) is 0. The second kappa shape index (κ2) is 5.28. The number of hydrogen-bond acceptors (Lipinski definition) is 1. The second-order valence-electron chi connectivity index (χ2n) is 5.92. The summed E-state index contributed by atoms with van der Waals surface area (Å²) in [6.07, 6.45) is 8.60. The number of aromatic nitrogens is 3. The molecule has 3 nitrogen and oxygen atoms in total. The van der Waals surface area contributed by atoms with E-state index in [2.05, 4.69) is 87.8 Å². The van der Waals surface area contributed by atoms with Gasteiger partial charge in [-0.2, -0.15) is 0 Å². The minimum Gasteiger partial charge on any atom is -0.355 e. The van der Waals surface area contributed by atoms with Gasteiger partial charge in [-0.1, -0.05) is 0 Å². The SMILES string of the molecule is C1=c2ccc([nH]2)=Cc2ccc([nH]2)C=c2ccc(s2)=Cc2ccc1[nH]2. The van der Waals surface area contributed by atoms with E-state index in [9.17, 15) is 0 Å². The van der Waals surface area contributed by atoms with E-state index in [1.54, 1.807) is 11.3 Å². The molecule has 0 fully saturated rings. The number of fused-ring (bicyclic) bond motifs is 8. The maximum atomic E-state index is 3.44. The zero-order valence-electron chi connectivity index (χ0n) is 12.8. The Morgan fingerprint density at radius 2 is 0.917 bits per heavy atom. The van der Waals surface area contributed by atoms with Crippen LogP contribution in [0.1, 0.15) is 22.8 Å². The molecule has 1 aliphatic rings. The molecule has 5 heterocycles. The quantitative estimate of drug-likeness (QED) is 0.384. The Hall–Kier alpha value is -2.98. The summed E-state index contributed by atoms with van der Waals surface area (Å²) in [4.78, 5) is 10.3. The molecule has 5 rings (SSSR count). The monoisotopic (exact) mass is 329 g/mol. The van der Waals surface area contributed by atoms with Gasteiger partial charge in [0.1, 0.15) is 0 Å². The number of nitrogens with one attached hydrogen (secondary N) is 3. The first-order chi connectivity index (χ1) is 11.8. The molecule has 0 amide bonds. The summed E-state index contributed by atoms with van der Waals surface area (Å²) in [5.74, 6) is 0.